The zero-order chi connectivity index (χ0) is 23.7. The highest BCUT2D eigenvalue weighted by atomic mass is 35.5. The van der Waals surface area contributed by atoms with Gasteiger partial charge in [-0.05, 0) is 48.0 Å². The fourth-order valence-corrected chi connectivity index (χ4v) is 4.44. The molecule has 0 radical (unpaired) electrons. The number of nitrogens with zero attached hydrogens (tertiary/aromatic N) is 3. The fraction of sp³-hybridized carbons (Fsp3) is 0.240. The molecule has 1 aromatic heterocycles. The van der Waals surface area contributed by atoms with Crippen molar-refractivity contribution in [1.82, 2.24) is 14.4 Å². The highest BCUT2D eigenvalue weighted by Gasteiger charge is 2.37. The van der Waals surface area contributed by atoms with Crippen LogP contribution in [0.25, 0.3) is 17.0 Å². The molecule has 6 nitrogen and oxygen atoms in total. The smallest absolute Gasteiger partial charge is 0.325 e. The number of halogens is 1. The highest BCUT2D eigenvalue weighted by Crippen LogP contribution is 2.30. The van der Waals surface area contributed by atoms with Crippen molar-refractivity contribution in [3.05, 3.63) is 76.1 Å². The van der Waals surface area contributed by atoms with Crippen LogP contribution in [0.5, 0.6) is 0 Å². The predicted molar refractivity (Wildman–Crippen MR) is 134 cm³/mol. The van der Waals surface area contributed by atoms with Gasteiger partial charge < -0.3 is 14.2 Å². The first-order chi connectivity index (χ1) is 15.8. The lowest BCUT2D eigenvalue weighted by Gasteiger charge is -2.16. The van der Waals surface area contributed by atoms with Crippen LogP contribution in [0.2, 0.25) is 5.02 Å². The molecule has 2 heterocycles. The lowest BCUT2D eigenvalue weighted by atomic mass is 10.1. The standard InChI is InChI=1S/C25H24ClN3O3S/c1-4-17-6-5-7-20-18(14-28(23(17)20)13-16-8-10-19(26)11-9-16)12-21-24(31)27(2)25(33)29(21)15-22(30)32-3/h5-12,14H,4,13,15H2,1-3H3/b21-12-. The summed E-state index contributed by atoms with van der Waals surface area (Å²) in [5, 5.41) is 2.00. The molecule has 8 heteroatoms. The summed E-state index contributed by atoms with van der Waals surface area (Å²) in [6.07, 6.45) is 4.72. The number of para-hydroxylation sites is 1. The second-order valence-electron chi connectivity index (χ2n) is 7.84. The zero-order valence-corrected chi connectivity index (χ0v) is 20.2. The number of likely N-dealkylation sites (N-methyl/N-ethyl adjacent to an activating group) is 1. The third kappa shape index (κ3) is 4.38. The third-order valence-corrected chi connectivity index (χ3v) is 6.55. The molecule has 4 rings (SSSR count). The first-order valence-electron chi connectivity index (χ1n) is 10.6. The number of hydrogen-bond donors (Lipinski definition) is 0. The molecule has 0 saturated carbocycles. The van der Waals surface area contributed by atoms with Gasteiger partial charge in [0.25, 0.3) is 5.91 Å². The van der Waals surface area contributed by atoms with Crippen molar-refractivity contribution in [2.45, 2.75) is 19.9 Å². The molecule has 0 aliphatic carbocycles. The normalized spacial score (nSPS) is 15.2. The molecule has 170 valence electrons. The number of methoxy groups -OCH3 is 1. The first-order valence-corrected chi connectivity index (χ1v) is 11.4. The Hall–Kier alpha value is -3.16. The monoisotopic (exact) mass is 481 g/mol. The topological polar surface area (TPSA) is 54.8 Å². The average Bonchev–Trinajstić information content (AvgIpc) is 3.26. The second-order valence-corrected chi connectivity index (χ2v) is 8.65. The minimum atomic E-state index is -0.468. The number of aromatic nitrogens is 1. The lowest BCUT2D eigenvalue weighted by molar-refractivity contribution is -0.140. The summed E-state index contributed by atoms with van der Waals surface area (Å²) in [5.41, 5.74) is 4.67. The molecular formula is C25H24ClN3O3S. The number of carbonyl (C=O) groups excluding carboxylic acids is 2. The molecule has 1 aliphatic rings. The van der Waals surface area contributed by atoms with Crippen LogP contribution in [0.3, 0.4) is 0 Å². The lowest BCUT2D eigenvalue weighted by Crippen LogP contribution is -2.33. The van der Waals surface area contributed by atoms with Crippen molar-refractivity contribution in [1.29, 1.82) is 0 Å². The van der Waals surface area contributed by atoms with Gasteiger partial charge in [0.15, 0.2) is 5.11 Å². The Morgan fingerprint density at radius 3 is 2.58 bits per heavy atom. The summed E-state index contributed by atoms with van der Waals surface area (Å²) in [4.78, 5) is 27.8. The van der Waals surface area contributed by atoms with E-state index in [-0.39, 0.29) is 17.6 Å². The average molecular weight is 482 g/mol. The highest BCUT2D eigenvalue weighted by molar-refractivity contribution is 7.80. The van der Waals surface area contributed by atoms with E-state index in [0.29, 0.717) is 17.3 Å². The van der Waals surface area contributed by atoms with Crippen molar-refractivity contribution in [3.63, 3.8) is 0 Å². The number of ether oxygens (including phenoxy) is 1. The number of fused-ring (bicyclic) bond motifs is 1. The number of carbonyl (C=O) groups is 2. The molecule has 2 aromatic carbocycles. The van der Waals surface area contributed by atoms with E-state index in [0.717, 1.165) is 28.5 Å². The quantitative estimate of drug-likeness (QED) is 0.295. The molecule has 1 fully saturated rings. The zero-order valence-electron chi connectivity index (χ0n) is 18.7. The summed E-state index contributed by atoms with van der Waals surface area (Å²) in [6.45, 7) is 2.66. The van der Waals surface area contributed by atoms with Gasteiger partial charge in [0.05, 0.1) is 12.6 Å². The van der Waals surface area contributed by atoms with Crippen molar-refractivity contribution in [2.24, 2.45) is 0 Å². The predicted octanol–water partition coefficient (Wildman–Crippen LogP) is 4.48. The summed E-state index contributed by atoms with van der Waals surface area (Å²) in [5.74, 6) is -0.723. The van der Waals surface area contributed by atoms with Gasteiger partial charge in [0.2, 0.25) is 0 Å². The maximum absolute atomic E-state index is 12.9. The molecular weight excluding hydrogens is 458 g/mol. The van der Waals surface area contributed by atoms with E-state index in [1.165, 1.54) is 22.5 Å². The van der Waals surface area contributed by atoms with Gasteiger partial charge in [0, 0.05) is 35.8 Å². The van der Waals surface area contributed by atoms with Gasteiger partial charge in [-0.3, -0.25) is 14.5 Å². The van der Waals surface area contributed by atoms with Crippen LogP contribution in [-0.2, 0) is 27.3 Å². The molecule has 1 saturated heterocycles. The molecule has 0 atom stereocenters. The second kappa shape index (κ2) is 9.37. The van der Waals surface area contributed by atoms with Crippen LogP contribution < -0.4 is 0 Å². The molecule has 3 aromatic rings. The van der Waals surface area contributed by atoms with Crippen LogP contribution >= 0.6 is 23.8 Å². The Kier molecular flexibility index (Phi) is 6.54. The van der Waals surface area contributed by atoms with E-state index in [1.807, 2.05) is 42.6 Å². The van der Waals surface area contributed by atoms with Crippen LogP contribution in [0, 0.1) is 0 Å². The van der Waals surface area contributed by atoms with Crippen molar-refractivity contribution in [3.8, 4) is 0 Å². The van der Waals surface area contributed by atoms with Gasteiger partial charge in [-0.25, -0.2) is 0 Å². The van der Waals surface area contributed by atoms with Gasteiger partial charge in [-0.15, -0.1) is 0 Å². The number of amides is 1. The third-order valence-electron chi connectivity index (χ3n) is 5.80. The minimum absolute atomic E-state index is 0.124. The number of esters is 1. The maximum Gasteiger partial charge on any atom is 0.325 e. The van der Waals surface area contributed by atoms with Gasteiger partial charge in [0.1, 0.15) is 12.2 Å². The van der Waals surface area contributed by atoms with E-state index in [2.05, 4.69) is 17.6 Å². The van der Waals surface area contributed by atoms with Crippen molar-refractivity contribution >= 4 is 57.8 Å². The van der Waals surface area contributed by atoms with Crippen molar-refractivity contribution < 1.29 is 14.3 Å². The van der Waals surface area contributed by atoms with Crippen LogP contribution in [0.4, 0.5) is 0 Å². The van der Waals surface area contributed by atoms with E-state index < -0.39 is 5.97 Å². The van der Waals surface area contributed by atoms with E-state index in [1.54, 1.807) is 13.1 Å². The number of hydrogen-bond acceptors (Lipinski definition) is 4. The molecule has 0 N–H and O–H groups in total. The van der Waals surface area contributed by atoms with Crippen molar-refractivity contribution in [2.75, 3.05) is 20.7 Å². The fourth-order valence-electron chi connectivity index (χ4n) is 4.07. The largest absolute Gasteiger partial charge is 0.468 e. The van der Waals surface area contributed by atoms with E-state index in [9.17, 15) is 9.59 Å². The Morgan fingerprint density at radius 2 is 1.91 bits per heavy atom. The molecule has 1 amide bonds. The number of thiocarbonyl (C=S) groups is 1. The molecule has 1 aliphatic heterocycles. The summed E-state index contributed by atoms with van der Waals surface area (Å²) in [6, 6.07) is 14.0. The van der Waals surface area contributed by atoms with Crippen LogP contribution in [-0.4, -0.2) is 52.1 Å². The number of benzene rings is 2. The maximum atomic E-state index is 12.9. The van der Waals surface area contributed by atoms with Crippen LogP contribution in [0.15, 0.2) is 54.4 Å². The van der Waals surface area contributed by atoms with E-state index in [4.69, 9.17) is 28.6 Å². The minimum Gasteiger partial charge on any atom is -0.468 e. The van der Waals surface area contributed by atoms with Crippen LogP contribution in [0.1, 0.15) is 23.6 Å². The molecule has 0 unspecified atom stereocenters. The van der Waals surface area contributed by atoms with Gasteiger partial charge >= 0.3 is 5.97 Å². The molecule has 0 bridgehead atoms. The van der Waals surface area contributed by atoms with E-state index >= 15 is 0 Å². The Labute approximate surface area is 203 Å². The SMILES string of the molecule is CCc1cccc2c(/C=C3/C(=O)N(C)C(=S)N3CC(=O)OC)cn(Cc3ccc(Cl)cc3)c12. The summed E-state index contributed by atoms with van der Waals surface area (Å²) < 4.78 is 6.99. The summed E-state index contributed by atoms with van der Waals surface area (Å²) in [7, 11) is 2.92. The van der Waals surface area contributed by atoms with Gasteiger partial charge in [-0.1, -0.05) is 48.9 Å². The molecule has 33 heavy (non-hydrogen) atoms. The Bertz CT molecular complexity index is 1280. The Morgan fingerprint density at radius 1 is 1.18 bits per heavy atom. The number of rotatable bonds is 6. The van der Waals surface area contributed by atoms with Gasteiger partial charge in [-0.2, -0.15) is 0 Å². The first kappa shape index (κ1) is 23.0. The Balaban J connectivity index is 1.84. The number of aryl methyl sites for hydroxylation is 1. The summed E-state index contributed by atoms with van der Waals surface area (Å²) >= 11 is 11.5. The molecule has 0 spiro atoms.